The third-order valence-corrected chi connectivity index (χ3v) is 3.90. The van der Waals surface area contributed by atoms with E-state index in [2.05, 4.69) is 4.98 Å². The van der Waals surface area contributed by atoms with Crippen molar-refractivity contribution in [3.05, 3.63) is 50.7 Å². The molecule has 2 aromatic rings. The average Bonchev–Trinajstić information content (AvgIpc) is 2.60. The molecule has 8 nitrogen and oxygen atoms in total. The van der Waals surface area contributed by atoms with Crippen molar-refractivity contribution < 1.29 is 18.3 Å². The van der Waals surface area contributed by atoms with Gasteiger partial charge in [-0.1, -0.05) is 13.3 Å². The Hall–Kier alpha value is -3.17. The zero-order valence-electron chi connectivity index (χ0n) is 14.9. The smallest absolute Gasteiger partial charge is 0.330 e. The Balaban J connectivity index is 2.23. The van der Waals surface area contributed by atoms with Crippen LogP contribution < -0.4 is 26.6 Å². The Kier molecular flexibility index (Phi) is 6.32. The Morgan fingerprint density at radius 1 is 1.33 bits per heavy atom. The highest BCUT2D eigenvalue weighted by atomic mass is 19.1. The van der Waals surface area contributed by atoms with Crippen LogP contribution in [0, 0.1) is 11.6 Å². The molecule has 0 atom stereocenters. The monoisotopic (exact) mass is 382 g/mol. The molecular weight excluding hydrogens is 362 g/mol. The number of nitrogen functional groups attached to an aromatic ring is 1. The number of anilines is 2. The molecule has 27 heavy (non-hydrogen) atoms. The number of benzene rings is 1. The number of ether oxygens (including phenoxy) is 1. The Labute approximate surface area is 153 Å². The lowest BCUT2D eigenvalue weighted by atomic mass is 10.3. The Morgan fingerprint density at radius 3 is 2.67 bits per heavy atom. The molecule has 0 radical (unpaired) electrons. The molecule has 3 N–H and O–H groups in total. The van der Waals surface area contributed by atoms with Gasteiger partial charge in [0.15, 0.2) is 23.9 Å². The quantitative estimate of drug-likeness (QED) is 0.749. The number of hydrogen-bond donors (Lipinski definition) is 2. The van der Waals surface area contributed by atoms with E-state index in [-0.39, 0.29) is 23.8 Å². The summed E-state index contributed by atoms with van der Waals surface area (Å²) in [6.45, 7) is 1.59. The van der Waals surface area contributed by atoms with Crippen molar-refractivity contribution in [2.24, 2.45) is 0 Å². The van der Waals surface area contributed by atoms with Gasteiger partial charge in [-0.3, -0.25) is 19.1 Å². The van der Waals surface area contributed by atoms with Crippen LogP contribution in [0.1, 0.15) is 19.8 Å². The van der Waals surface area contributed by atoms with Crippen molar-refractivity contribution in [3.63, 3.8) is 0 Å². The summed E-state index contributed by atoms with van der Waals surface area (Å²) in [5, 5.41) is 0. The van der Waals surface area contributed by atoms with Gasteiger partial charge in [-0.15, -0.1) is 0 Å². The van der Waals surface area contributed by atoms with Crippen LogP contribution in [0.4, 0.5) is 20.3 Å². The van der Waals surface area contributed by atoms with Crippen LogP contribution in [0.5, 0.6) is 5.75 Å². The van der Waals surface area contributed by atoms with Gasteiger partial charge >= 0.3 is 5.69 Å². The summed E-state index contributed by atoms with van der Waals surface area (Å²) in [5.41, 5.74) is 4.22. The van der Waals surface area contributed by atoms with Crippen LogP contribution in [0.3, 0.4) is 0 Å². The molecule has 1 aromatic carbocycles. The fraction of sp³-hybridized carbons (Fsp3) is 0.353. The maximum Gasteiger partial charge on any atom is 0.330 e. The van der Waals surface area contributed by atoms with E-state index >= 15 is 0 Å². The third kappa shape index (κ3) is 4.52. The minimum Gasteiger partial charge on any atom is -0.481 e. The zero-order valence-corrected chi connectivity index (χ0v) is 14.9. The first-order valence-electron chi connectivity index (χ1n) is 8.23. The molecule has 1 amide bonds. The molecule has 1 aromatic heterocycles. The summed E-state index contributed by atoms with van der Waals surface area (Å²) >= 11 is 0. The van der Waals surface area contributed by atoms with Crippen LogP contribution in [0.25, 0.3) is 0 Å². The van der Waals surface area contributed by atoms with Gasteiger partial charge in [-0.25, -0.2) is 13.6 Å². The van der Waals surface area contributed by atoms with Gasteiger partial charge < -0.3 is 15.4 Å². The number of carbonyl (C=O) groups excluding carboxylic acids is 1. The lowest BCUT2D eigenvalue weighted by molar-refractivity contribution is -0.120. The molecule has 0 unspecified atom stereocenters. The first-order valence-corrected chi connectivity index (χ1v) is 8.23. The second kappa shape index (κ2) is 8.47. The standard InChI is InChI=1S/C17H20F2N4O4/c1-3-4-7-23-15(20)14(16(25)21-17(23)26)22(2)13(24)9-27-12-6-5-10(18)8-11(12)19/h5-6,8H,3-4,7,9,20H2,1-2H3,(H,21,25,26). The predicted molar refractivity (Wildman–Crippen MR) is 95.9 cm³/mol. The molecule has 0 fully saturated rings. The van der Waals surface area contributed by atoms with Crippen molar-refractivity contribution in [1.29, 1.82) is 0 Å². The molecule has 0 aliphatic carbocycles. The summed E-state index contributed by atoms with van der Waals surface area (Å²) in [7, 11) is 1.28. The number of likely N-dealkylation sites (N-methyl/N-ethyl adjacent to an activating group) is 1. The van der Waals surface area contributed by atoms with Gasteiger partial charge in [0, 0.05) is 19.7 Å². The number of halogens is 2. The zero-order chi connectivity index (χ0) is 20.1. The highest BCUT2D eigenvalue weighted by Crippen LogP contribution is 2.19. The molecule has 0 saturated heterocycles. The Morgan fingerprint density at radius 2 is 2.04 bits per heavy atom. The van der Waals surface area contributed by atoms with E-state index in [4.69, 9.17) is 10.5 Å². The fourth-order valence-corrected chi connectivity index (χ4v) is 2.39. The second-order valence-corrected chi connectivity index (χ2v) is 5.81. The number of aromatic nitrogens is 2. The highest BCUT2D eigenvalue weighted by Gasteiger charge is 2.21. The normalized spacial score (nSPS) is 10.7. The summed E-state index contributed by atoms with van der Waals surface area (Å²) in [6.07, 6.45) is 1.45. The first-order chi connectivity index (χ1) is 12.8. The van der Waals surface area contributed by atoms with Gasteiger partial charge in [0.1, 0.15) is 11.6 Å². The van der Waals surface area contributed by atoms with Crippen molar-refractivity contribution >= 4 is 17.4 Å². The number of unbranched alkanes of at least 4 members (excludes halogenated alkanes) is 1. The number of nitrogens with two attached hydrogens (primary N) is 1. The number of nitrogens with one attached hydrogen (secondary N) is 1. The van der Waals surface area contributed by atoms with Crippen LogP contribution in [-0.2, 0) is 11.3 Å². The highest BCUT2D eigenvalue weighted by molar-refractivity contribution is 5.96. The van der Waals surface area contributed by atoms with Gasteiger partial charge in [0.25, 0.3) is 11.5 Å². The van der Waals surface area contributed by atoms with E-state index < -0.39 is 35.4 Å². The number of nitrogens with zero attached hydrogens (tertiary/aromatic N) is 2. The van der Waals surface area contributed by atoms with Gasteiger partial charge in [-0.2, -0.15) is 0 Å². The molecule has 10 heteroatoms. The third-order valence-electron chi connectivity index (χ3n) is 3.90. The van der Waals surface area contributed by atoms with Gasteiger partial charge in [0.2, 0.25) is 0 Å². The lowest BCUT2D eigenvalue weighted by Crippen LogP contribution is -2.40. The summed E-state index contributed by atoms with van der Waals surface area (Å²) in [4.78, 5) is 39.4. The number of carbonyl (C=O) groups is 1. The van der Waals surface area contributed by atoms with E-state index in [0.717, 1.165) is 23.5 Å². The van der Waals surface area contributed by atoms with Gasteiger partial charge in [-0.05, 0) is 18.6 Å². The number of amides is 1. The van der Waals surface area contributed by atoms with Crippen molar-refractivity contribution in [2.45, 2.75) is 26.3 Å². The molecule has 1 heterocycles. The Bertz CT molecular complexity index is 955. The van der Waals surface area contributed by atoms with Crippen LogP contribution in [0.15, 0.2) is 27.8 Å². The SMILES string of the molecule is CCCCn1c(N)c(N(C)C(=O)COc2ccc(F)cc2F)c(=O)[nH]c1=O. The summed E-state index contributed by atoms with van der Waals surface area (Å²) in [5.74, 6) is -2.92. The number of hydrogen-bond acceptors (Lipinski definition) is 5. The van der Waals surface area contributed by atoms with E-state index in [9.17, 15) is 23.2 Å². The van der Waals surface area contributed by atoms with Crippen LogP contribution in [-0.4, -0.2) is 29.1 Å². The molecule has 0 aliphatic rings. The van der Waals surface area contributed by atoms with Crippen molar-refractivity contribution in [3.8, 4) is 5.75 Å². The number of H-pyrrole nitrogens is 1. The maximum absolute atomic E-state index is 13.6. The van der Waals surface area contributed by atoms with Crippen LogP contribution in [0.2, 0.25) is 0 Å². The van der Waals surface area contributed by atoms with E-state index in [1.165, 1.54) is 11.6 Å². The molecule has 146 valence electrons. The van der Waals surface area contributed by atoms with E-state index in [1.54, 1.807) is 0 Å². The second-order valence-electron chi connectivity index (χ2n) is 5.81. The summed E-state index contributed by atoms with van der Waals surface area (Å²) < 4.78 is 32.7. The van der Waals surface area contributed by atoms with Crippen molar-refractivity contribution in [2.75, 3.05) is 24.3 Å². The molecule has 0 bridgehead atoms. The molecule has 0 saturated carbocycles. The minimum absolute atomic E-state index is 0.152. The molecule has 0 spiro atoms. The first kappa shape index (κ1) is 20.1. The predicted octanol–water partition coefficient (Wildman–Crippen LogP) is 1.24. The average molecular weight is 382 g/mol. The van der Waals surface area contributed by atoms with Crippen LogP contribution >= 0.6 is 0 Å². The lowest BCUT2D eigenvalue weighted by Gasteiger charge is -2.20. The van der Waals surface area contributed by atoms with Crippen molar-refractivity contribution in [1.82, 2.24) is 9.55 Å². The number of rotatable bonds is 7. The largest absolute Gasteiger partial charge is 0.481 e. The fourth-order valence-electron chi connectivity index (χ4n) is 2.39. The van der Waals surface area contributed by atoms with E-state index in [0.29, 0.717) is 12.5 Å². The molecule has 2 rings (SSSR count). The molecular formula is C17H20F2N4O4. The maximum atomic E-state index is 13.6. The minimum atomic E-state index is -0.962. The van der Waals surface area contributed by atoms with E-state index in [1.807, 2.05) is 6.92 Å². The number of aromatic amines is 1. The molecule has 0 aliphatic heterocycles. The van der Waals surface area contributed by atoms with Gasteiger partial charge in [0.05, 0.1) is 0 Å². The topological polar surface area (TPSA) is 110 Å². The summed E-state index contributed by atoms with van der Waals surface area (Å²) in [6, 6.07) is 2.65.